The smallest absolute Gasteiger partial charge is 0.255 e. The average molecular weight is 355 g/mol. The highest BCUT2D eigenvalue weighted by atomic mass is 16.3. The minimum Gasteiger partial charge on any atom is -0.507 e. The number of nitrogens with zero attached hydrogens (tertiary/aromatic N) is 2. The Morgan fingerprint density at radius 2 is 1.96 bits per heavy atom. The summed E-state index contributed by atoms with van der Waals surface area (Å²) in [5.74, 6) is 0.402. The van der Waals surface area contributed by atoms with Crippen molar-refractivity contribution >= 4 is 17.5 Å². The molecular weight excluding hydrogens is 330 g/mol. The van der Waals surface area contributed by atoms with Crippen LogP contribution in [0.5, 0.6) is 5.75 Å². The minimum atomic E-state index is -0.294. The molecule has 1 aliphatic carbocycles. The largest absolute Gasteiger partial charge is 0.507 e. The molecule has 1 fully saturated rings. The highest BCUT2D eigenvalue weighted by Gasteiger charge is 2.28. The second kappa shape index (κ2) is 7.70. The molecule has 7 heteroatoms. The number of amides is 1. The standard InChI is InChI=1S/C19H25N5O2/c1-11-8-12(2)22-19(21-11)23-14-6-7-17(25)15(9-14)18(26)24-16-5-3-4-13(16)10-20/h6-9,13,16,25H,3-5,10,20H2,1-2H3,(H,24,26)(H,21,22,23). The van der Waals surface area contributed by atoms with Gasteiger partial charge in [-0.2, -0.15) is 0 Å². The van der Waals surface area contributed by atoms with Crippen LogP contribution in [-0.4, -0.2) is 33.6 Å². The van der Waals surface area contributed by atoms with Crippen LogP contribution in [0.3, 0.4) is 0 Å². The zero-order chi connectivity index (χ0) is 18.7. The van der Waals surface area contributed by atoms with E-state index in [2.05, 4.69) is 20.6 Å². The normalized spacial score (nSPS) is 19.3. The van der Waals surface area contributed by atoms with Crippen LogP contribution in [-0.2, 0) is 0 Å². The van der Waals surface area contributed by atoms with Crippen LogP contribution in [0.15, 0.2) is 24.3 Å². The molecule has 5 N–H and O–H groups in total. The summed E-state index contributed by atoms with van der Waals surface area (Å²) in [7, 11) is 0. The molecule has 0 spiro atoms. The molecule has 3 rings (SSSR count). The van der Waals surface area contributed by atoms with Gasteiger partial charge in [0.2, 0.25) is 5.95 Å². The van der Waals surface area contributed by atoms with E-state index in [1.807, 2.05) is 19.9 Å². The van der Waals surface area contributed by atoms with Crippen molar-refractivity contribution in [3.8, 4) is 5.75 Å². The molecule has 26 heavy (non-hydrogen) atoms. The lowest BCUT2D eigenvalue weighted by molar-refractivity contribution is 0.0926. The second-order valence-corrected chi connectivity index (χ2v) is 6.84. The highest BCUT2D eigenvalue weighted by molar-refractivity contribution is 5.98. The van der Waals surface area contributed by atoms with E-state index < -0.39 is 0 Å². The molecule has 1 aliphatic rings. The average Bonchev–Trinajstić information content (AvgIpc) is 3.02. The topological polar surface area (TPSA) is 113 Å². The van der Waals surface area contributed by atoms with Crippen molar-refractivity contribution in [3.05, 3.63) is 41.2 Å². The van der Waals surface area contributed by atoms with Crippen molar-refractivity contribution in [1.29, 1.82) is 0 Å². The van der Waals surface area contributed by atoms with Crippen LogP contribution >= 0.6 is 0 Å². The first-order chi connectivity index (χ1) is 12.5. The van der Waals surface area contributed by atoms with E-state index in [1.54, 1.807) is 12.1 Å². The number of aromatic hydroxyl groups is 1. The Kier molecular flexibility index (Phi) is 5.37. The van der Waals surface area contributed by atoms with Gasteiger partial charge in [0.25, 0.3) is 5.91 Å². The fourth-order valence-electron chi connectivity index (χ4n) is 3.46. The number of aromatic nitrogens is 2. The maximum Gasteiger partial charge on any atom is 0.255 e. The number of hydrogen-bond donors (Lipinski definition) is 4. The fraction of sp³-hybridized carbons (Fsp3) is 0.421. The van der Waals surface area contributed by atoms with Crippen molar-refractivity contribution in [2.75, 3.05) is 11.9 Å². The number of phenolic OH excluding ortho intramolecular Hbond substituents is 1. The van der Waals surface area contributed by atoms with Crippen molar-refractivity contribution < 1.29 is 9.90 Å². The van der Waals surface area contributed by atoms with Gasteiger partial charge in [0.15, 0.2) is 0 Å². The molecule has 2 aromatic rings. The van der Waals surface area contributed by atoms with Gasteiger partial charge in [0, 0.05) is 23.1 Å². The summed E-state index contributed by atoms with van der Waals surface area (Å²) in [6.45, 7) is 4.35. The van der Waals surface area contributed by atoms with Gasteiger partial charge >= 0.3 is 0 Å². The van der Waals surface area contributed by atoms with Crippen LogP contribution in [0.1, 0.15) is 41.0 Å². The first-order valence-corrected chi connectivity index (χ1v) is 8.89. The number of aryl methyl sites for hydroxylation is 2. The third-order valence-electron chi connectivity index (χ3n) is 4.76. The Balaban J connectivity index is 1.77. The first kappa shape index (κ1) is 18.1. The zero-order valence-corrected chi connectivity index (χ0v) is 15.1. The van der Waals surface area contributed by atoms with Gasteiger partial charge in [-0.25, -0.2) is 9.97 Å². The molecule has 1 heterocycles. The number of benzene rings is 1. The van der Waals surface area contributed by atoms with Gasteiger partial charge in [-0.3, -0.25) is 4.79 Å². The quantitative estimate of drug-likeness (QED) is 0.613. The van der Waals surface area contributed by atoms with Crippen molar-refractivity contribution in [3.63, 3.8) is 0 Å². The molecule has 1 aromatic carbocycles. The Bertz CT molecular complexity index is 788. The van der Waals surface area contributed by atoms with E-state index in [0.29, 0.717) is 24.1 Å². The SMILES string of the molecule is Cc1cc(C)nc(Nc2ccc(O)c(C(=O)NC3CCCC3CN)c2)n1. The lowest BCUT2D eigenvalue weighted by Gasteiger charge is -2.20. The van der Waals surface area contributed by atoms with Gasteiger partial charge in [0.05, 0.1) is 5.56 Å². The molecule has 1 amide bonds. The Hall–Kier alpha value is -2.67. The third-order valence-corrected chi connectivity index (χ3v) is 4.76. The fourth-order valence-corrected chi connectivity index (χ4v) is 3.46. The molecule has 1 saturated carbocycles. The highest BCUT2D eigenvalue weighted by Crippen LogP contribution is 2.27. The summed E-state index contributed by atoms with van der Waals surface area (Å²) in [5, 5.41) is 16.2. The molecule has 0 aliphatic heterocycles. The number of hydrogen-bond acceptors (Lipinski definition) is 6. The van der Waals surface area contributed by atoms with Gasteiger partial charge < -0.3 is 21.5 Å². The van der Waals surface area contributed by atoms with Crippen LogP contribution in [0.4, 0.5) is 11.6 Å². The first-order valence-electron chi connectivity index (χ1n) is 8.89. The van der Waals surface area contributed by atoms with Gasteiger partial charge in [0.1, 0.15) is 5.75 Å². The predicted molar refractivity (Wildman–Crippen MR) is 101 cm³/mol. The van der Waals surface area contributed by atoms with Crippen LogP contribution in [0, 0.1) is 19.8 Å². The van der Waals surface area contributed by atoms with E-state index in [1.165, 1.54) is 6.07 Å². The van der Waals surface area contributed by atoms with Crippen LogP contribution in [0.2, 0.25) is 0 Å². The number of phenols is 1. The van der Waals surface area contributed by atoms with Crippen molar-refractivity contribution in [1.82, 2.24) is 15.3 Å². The number of nitrogens with two attached hydrogens (primary N) is 1. The van der Waals surface area contributed by atoms with Crippen LogP contribution in [0.25, 0.3) is 0 Å². The molecule has 138 valence electrons. The molecule has 0 bridgehead atoms. The minimum absolute atomic E-state index is 0.0586. The number of carbonyl (C=O) groups is 1. The van der Waals surface area contributed by atoms with E-state index in [-0.39, 0.29) is 23.3 Å². The summed E-state index contributed by atoms with van der Waals surface area (Å²) in [6.07, 6.45) is 3.01. The van der Waals surface area contributed by atoms with Crippen LogP contribution < -0.4 is 16.4 Å². The number of nitrogens with one attached hydrogen (secondary N) is 2. The summed E-state index contributed by atoms with van der Waals surface area (Å²) in [6, 6.07) is 6.74. The monoisotopic (exact) mass is 355 g/mol. The number of anilines is 2. The Labute approximate surface area is 153 Å². The molecule has 1 aromatic heterocycles. The van der Waals surface area contributed by atoms with Gasteiger partial charge in [-0.05, 0) is 63.4 Å². The Morgan fingerprint density at radius 3 is 2.65 bits per heavy atom. The Morgan fingerprint density at radius 1 is 1.23 bits per heavy atom. The molecule has 0 saturated heterocycles. The van der Waals surface area contributed by atoms with Gasteiger partial charge in [-0.1, -0.05) is 6.42 Å². The zero-order valence-electron chi connectivity index (χ0n) is 15.1. The maximum absolute atomic E-state index is 12.6. The lowest BCUT2D eigenvalue weighted by atomic mass is 10.0. The van der Waals surface area contributed by atoms with E-state index in [0.717, 1.165) is 30.7 Å². The summed E-state index contributed by atoms with van der Waals surface area (Å²) in [4.78, 5) is 21.3. The van der Waals surface area contributed by atoms with E-state index in [4.69, 9.17) is 5.73 Å². The molecule has 2 atom stereocenters. The molecule has 0 radical (unpaired) electrons. The summed E-state index contributed by atoms with van der Waals surface area (Å²) in [5.41, 5.74) is 8.35. The molecular formula is C19H25N5O2. The lowest BCUT2D eigenvalue weighted by Crippen LogP contribution is -2.39. The second-order valence-electron chi connectivity index (χ2n) is 6.84. The predicted octanol–water partition coefficient (Wildman–Crippen LogP) is 2.40. The number of rotatable bonds is 5. The summed E-state index contributed by atoms with van der Waals surface area (Å²) >= 11 is 0. The number of carbonyl (C=O) groups excluding carboxylic acids is 1. The van der Waals surface area contributed by atoms with Crippen molar-refractivity contribution in [2.24, 2.45) is 11.7 Å². The molecule has 7 nitrogen and oxygen atoms in total. The third kappa shape index (κ3) is 4.11. The maximum atomic E-state index is 12.6. The van der Waals surface area contributed by atoms with E-state index in [9.17, 15) is 9.90 Å². The summed E-state index contributed by atoms with van der Waals surface area (Å²) < 4.78 is 0. The van der Waals surface area contributed by atoms with Crippen molar-refractivity contribution in [2.45, 2.75) is 39.2 Å². The van der Waals surface area contributed by atoms with Gasteiger partial charge in [-0.15, -0.1) is 0 Å². The molecule has 2 unspecified atom stereocenters. The van der Waals surface area contributed by atoms with E-state index >= 15 is 0 Å².